The fourth-order valence-electron chi connectivity index (χ4n) is 2.36. The number of halogens is 1. The van der Waals surface area contributed by atoms with Gasteiger partial charge in [-0.05, 0) is 38.1 Å². The number of aryl methyl sites for hydroxylation is 1. The first-order chi connectivity index (χ1) is 11.2. The van der Waals surface area contributed by atoms with E-state index in [0.29, 0.717) is 17.0 Å². The second-order valence-electron chi connectivity index (χ2n) is 5.43. The van der Waals surface area contributed by atoms with Crippen LogP contribution in [-0.2, 0) is 9.84 Å². The molecule has 1 N–H and O–H groups in total. The Kier molecular flexibility index (Phi) is 5.82. The maximum absolute atomic E-state index is 12.4. The highest BCUT2D eigenvalue weighted by Crippen LogP contribution is 2.19. The van der Waals surface area contributed by atoms with Gasteiger partial charge in [-0.1, -0.05) is 22.9 Å². The first-order valence-electron chi connectivity index (χ1n) is 7.56. The van der Waals surface area contributed by atoms with Gasteiger partial charge in [0.25, 0.3) is 5.91 Å². The van der Waals surface area contributed by atoms with Crippen molar-refractivity contribution in [2.75, 3.05) is 18.1 Å². The summed E-state index contributed by atoms with van der Waals surface area (Å²) in [6.45, 7) is 5.27. The van der Waals surface area contributed by atoms with Gasteiger partial charge in [0.2, 0.25) is 0 Å². The lowest BCUT2D eigenvalue weighted by atomic mass is 10.2. The molecule has 1 heterocycles. The van der Waals surface area contributed by atoms with Crippen molar-refractivity contribution in [3.8, 4) is 5.69 Å². The molecule has 0 spiro atoms. The lowest BCUT2D eigenvalue weighted by Crippen LogP contribution is -2.30. The minimum atomic E-state index is -3.10. The maximum Gasteiger partial charge on any atom is 0.255 e. The summed E-state index contributed by atoms with van der Waals surface area (Å²) in [4.78, 5) is 12.4. The molecule has 0 atom stereocenters. The van der Waals surface area contributed by atoms with Crippen molar-refractivity contribution >= 4 is 31.7 Å². The van der Waals surface area contributed by atoms with Crippen molar-refractivity contribution in [1.29, 1.82) is 0 Å². The Morgan fingerprint density at radius 1 is 1.25 bits per heavy atom. The van der Waals surface area contributed by atoms with Crippen molar-refractivity contribution in [3.63, 3.8) is 0 Å². The molecular formula is C16H20BrN3O3S. The molecule has 0 aliphatic rings. The number of rotatable bonds is 6. The Bertz CT molecular complexity index is 842. The first kappa shape index (κ1) is 18.7. The molecule has 0 unspecified atom stereocenters. The smallest absolute Gasteiger partial charge is 0.255 e. The van der Waals surface area contributed by atoms with Gasteiger partial charge in [0, 0.05) is 16.8 Å². The van der Waals surface area contributed by atoms with E-state index in [1.807, 2.05) is 31.2 Å². The zero-order chi connectivity index (χ0) is 17.9. The highest BCUT2D eigenvalue weighted by Gasteiger charge is 2.19. The van der Waals surface area contributed by atoms with Gasteiger partial charge < -0.3 is 5.32 Å². The molecule has 2 rings (SSSR count). The number of hydrogen-bond acceptors (Lipinski definition) is 4. The van der Waals surface area contributed by atoms with Crippen LogP contribution in [0.3, 0.4) is 0 Å². The molecule has 130 valence electrons. The number of carbonyl (C=O) groups is 1. The van der Waals surface area contributed by atoms with Crippen LogP contribution in [0.4, 0.5) is 0 Å². The maximum atomic E-state index is 12.4. The van der Waals surface area contributed by atoms with E-state index in [1.165, 1.54) is 0 Å². The summed E-state index contributed by atoms with van der Waals surface area (Å²) in [7, 11) is -3.10. The summed E-state index contributed by atoms with van der Waals surface area (Å²) in [5, 5.41) is 7.09. The van der Waals surface area contributed by atoms with E-state index in [4.69, 9.17) is 0 Å². The van der Waals surface area contributed by atoms with E-state index < -0.39 is 9.84 Å². The number of sulfone groups is 1. The number of hydrogen-bond donors (Lipinski definition) is 1. The van der Waals surface area contributed by atoms with Crippen LogP contribution in [0.25, 0.3) is 5.69 Å². The molecule has 8 heteroatoms. The number of aromatic nitrogens is 2. The Hall–Kier alpha value is -1.67. The van der Waals surface area contributed by atoms with Crippen LogP contribution in [0.2, 0.25) is 0 Å². The highest BCUT2D eigenvalue weighted by molar-refractivity contribution is 9.10. The molecule has 0 saturated heterocycles. The van der Waals surface area contributed by atoms with Crippen molar-refractivity contribution < 1.29 is 13.2 Å². The average molecular weight is 414 g/mol. The third kappa shape index (κ3) is 4.24. The molecule has 0 bridgehead atoms. The molecule has 0 fully saturated rings. The van der Waals surface area contributed by atoms with Gasteiger partial charge in [-0.3, -0.25) is 4.79 Å². The second-order valence-corrected chi connectivity index (χ2v) is 8.81. The van der Waals surface area contributed by atoms with E-state index in [2.05, 4.69) is 26.3 Å². The van der Waals surface area contributed by atoms with Gasteiger partial charge in [-0.15, -0.1) is 0 Å². The Morgan fingerprint density at radius 2 is 1.88 bits per heavy atom. The third-order valence-corrected chi connectivity index (χ3v) is 5.96. The van der Waals surface area contributed by atoms with Gasteiger partial charge in [0.1, 0.15) is 0 Å². The molecule has 1 aromatic carbocycles. The third-order valence-electron chi connectivity index (χ3n) is 3.73. The lowest BCUT2D eigenvalue weighted by molar-refractivity contribution is 0.0955. The van der Waals surface area contributed by atoms with Crippen LogP contribution < -0.4 is 5.32 Å². The molecule has 0 aliphatic carbocycles. The zero-order valence-corrected chi connectivity index (χ0v) is 16.2. The Labute approximate surface area is 150 Å². The van der Waals surface area contributed by atoms with Gasteiger partial charge in [0.15, 0.2) is 9.84 Å². The van der Waals surface area contributed by atoms with E-state index >= 15 is 0 Å². The molecule has 0 radical (unpaired) electrons. The van der Waals surface area contributed by atoms with E-state index in [9.17, 15) is 13.2 Å². The van der Waals surface area contributed by atoms with Gasteiger partial charge in [-0.25, -0.2) is 13.1 Å². The van der Waals surface area contributed by atoms with Crippen LogP contribution >= 0.6 is 15.9 Å². The fourth-order valence-corrected chi connectivity index (χ4v) is 3.32. The molecule has 0 saturated carbocycles. The zero-order valence-electron chi connectivity index (χ0n) is 13.8. The predicted molar refractivity (Wildman–Crippen MR) is 97.4 cm³/mol. The first-order valence-corrected chi connectivity index (χ1v) is 10.2. The van der Waals surface area contributed by atoms with Crippen molar-refractivity contribution in [2.24, 2.45) is 0 Å². The molecule has 6 nitrogen and oxygen atoms in total. The Balaban J connectivity index is 2.19. The van der Waals surface area contributed by atoms with E-state index in [1.54, 1.807) is 18.5 Å². The van der Waals surface area contributed by atoms with Gasteiger partial charge >= 0.3 is 0 Å². The molecule has 24 heavy (non-hydrogen) atoms. The second kappa shape index (κ2) is 7.48. The molecular weight excluding hydrogens is 394 g/mol. The monoisotopic (exact) mass is 413 g/mol. The van der Waals surface area contributed by atoms with Crippen LogP contribution in [0.1, 0.15) is 28.7 Å². The van der Waals surface area contributed by atoms with E-state index in [0.717, 1.165) is 10.2 Å². The minimum absolute atomic E-state index is 0.0613. The van der Waals surface area contributed by atoms with Crippen molar-refractivity contribution in [3.05, 3.63) is 45.7 Å². The minimum Gasteiger partial charge on any atom is -0.351 e. The molecule has 0 aliphatic heterocycles. The normalized spacial score (nSPS) is 11.5. The molecule has 1 amide bonds. The molecule has 1 aromatic heterocycles. The summed E-state index contributed by atoms with van der Waals surface area (Å²) in [5.74, 6) is -0.295. The van der Waals surface area contributed by atoms with Crippen LogP contribution in [0.5, 0.6) is 0 Å². The quantitative estimate of drug-likeness (QED) is 0.787. The average Bonchev–Trinajstić information content (AvgIpc) is 2.82. The van der Waals surface area contributed by atoms with Crippen molar-refractivity contribution in [2.45, 2.75) is 20.8 Å². The van der Waals surface area contributed by atoms with Gasteiger partial charge in [-0.2, -0.15) is 5.10 Å². The molecule has 2 aromatic rings. The van der Waals surface area contributed by atoms with Crippen LogP contribution in [0, 0.1) is 13.8 Å². The predicted octanol–water partition coefficient (Wildman–Crippen LogP) is 2.42. The summed E-state index contributed by atoms with van der Waals surface area (Å²) in [6.07, 6.45) is 0. The van der Waals surface area contributed by atoms with Crippen LogP contribution in [-0.4, -0.2) is 42.2 Å². The number of nitrogens with zero attached hydrogens (tertiary/aromatic N) is 2. The lowest BCUT2D eigenvalue weighted by Gasteiger charge is -2.07. The summed E-state index contributed by atoms with van der Waals surface area (Å²) in [5.41, 5.74) is 2.65. The number of carbonyl (C=O) groups excluding carboxylic acids is 1. The fraction of sp³-hybridized carbons (Fsp3) is 0.375. The highest BCUT2D eigenvalue weighted by atomic mass is 79.9. The Morgan fingerprint density at radius 3 is 2.46 bits per heavy atom. The number of nitrogens with one attached hydrogen (secondary N) is 1. The summed E-state index contributed by atoms with van der Waals surface area (Å²) < 4.78 is 25.7. The topological polar surface area (TPSA) is 81.1 Å². The number of benzene rings is 1. The van der Waals surface area contributed by atoms with Crippen LogP contribution in [0.15, 0.2) is 28.7 Å². The standard InChI is InChI=1S/C16H20BrN3O3S/c1-4-24(22,23)10-9-18-16(21)15-11(2)19-20(12(15)3)14-7-5-13(17)6-8-14/h5-8H,4,9-10H2,1-3H3,(H,18,21). The summed E-state index contributed by atoms with van der Waals surface area (Å²) >= 11 is 3.39. The largest absolute Gasteiger partial charge is 0.351 e. The van der Waals surface area contributed by atoms with Gasteiger partial charge in [0.05, 0.1) is 28.4 Å². The number of amides is 1. The van der Waals surface area contributed by atoms with Crippen molar-refractivity contribution in [1.82, 2.24) is 15.1 Å². The SMILES string of the molecule is CCS(=O)(=O)CCNC(=O)c1c(C)nn(-c2ccc(Br)cc2)c1C. The van der Waals surface area contributed by atoms with E-state index in [-0.39, 0.29) is 24.0 Å². The summed E-state index contributed by atoms with van der Waals surface area (Å²) in [6, 6.07) is 7.61.